The summed E-state index contributed by atoms with van der Waals surface area (Å²) in [4.78, 5) is 22.6. The van der Waals surface area contributed by atoms with Crippen LogP contribution in [0.1, 0.15) is 34.2 Å². The lowest BCUT2D eigenvalue weighted by molar-refractivity contribution is 0.0119. The van der Waals surface area contributed by atoms with Crippen molar-refractivity contribution >= 4 is 17.2 Å². The van der Waals surface area contributed by atoms with Crippen LogP contribution in [0.3, 0.4) is 0 Å². The number of morpholine rings is 1. The number of aromatic nitrogens is 1. The van der Waals surface area contributed by atoms with Gasteiger partial charge in [-0.3, -0.25) is 9.69 Å². The summed E-state index contributed by atoms with van der Waals surface area (Å²) in [6, 6.07) is 0.465. The van der Waals surface area contributed by atoms with E-state index in [-0.39, 0.29) is 5.91 Å². The van der Waals surface area contributed by atoms with E-state index in [1.165, 1.54) is 0 Å². The molecular weight excluding hydrogens is 298 g/mol. The number of thiazole rings is 1. The van der Waals surface area contributed by atoms with Crippen LogP contribution in [0.15, 0.2) is 0 Å². The molecule has 0 spiro atoms. The minimum Gasteiger partial charge on any atom is -0.379 e. The molecule has 0 radical (unpaired) electrons. The number of nitrogens with zero attached hydrogens (tertiary/aromatic N) is 3. The molecule has 5 nitrogen and oxygen atoms in total. The van der Waals surface area contributed by atoms with Crippen molar-refractivity contribution in [2.24, 2.45) is 5.92 Å². The molecule has 3 rings (SSSR count). The Kier molecular flexibility index (Phi) is 4.80. The molecule has 22 heavy (non-hydrogen) atoms. The highest BCUT2D eigenvalue weighted by atomic mass is 32.1. The Morgan fingerprint density at radius 2 is 2.09 bits per heavy atom. The first kappa shape index (κ1) is 15.9. The minimum atomic E-state index is 0.164. The number of aryl methyl sites for hydroxylation is 2. The quantitative estimate of drug-likeness (QED) is 0.851. The summed E-state index contributed by atoms with van der Waals surface area (Å²) >= 11 is 1.56. The van der Waals surface area contributed by atoms with E-state index >= 15 is 0 Å². The van der Waals surface area contributed by atoms with Gasteiger partial charge in [0.1, 0.15) is 4.88 Å². The molecule has 3 heterocycles. The molecule has 0 bridgehead atoms. The van der Waals surface area contributed by atoms with Gasteiger partial charge in [-0.25, -0.2) is 4.98 Å². The maximum atomic E-state index is 12.8. The molecule has 1 aromatic rings. The Morgan fingerprint density at radius 3 is 2.73 bits per heavy atom. The first-order valence-corrected chi connectivity index (χ1v) is 8.99. The van der Waals surface area contributed by atoms with Crippen molar-refractivity contribution in [1.29, 1.82) is 0 Å². The second kappa shape index (κ2) is 6.64. The molecule has 2 aliphatic rings. The Balaban J connectivity index is 1.70. The van der Waals surface area contributed by atoms with E-state index in [1.807, 2.05) is 11.8 Å². The van der Waals surface area contributed by atoms with Gasteiger partial charge in [0, 0.05) is 32.2 Å². The van der Waals surface area contributed by atoms with Crippen LogP contribution in [0.4, 0.5) is 0 Å². The number of hydrogen-bond donors (Lipinski definition) is 0. The Labute approximate surface area is 136 Å². The van der Waals surface area contributed by atoms with Crippen molar-refractivity contribution < 1.29 is 9.53 Å². The number of hydrogen-bond acceptors (Lipinski definition) is 5. The molecule has 2 aliphatic heterocycles. The zero-order valence-corrected chi connectivity index (χ0v) is 14.5. The third-order valence-electron chi connectivity index (χ3n) is 4.71. The second-order valence-corrected chi connectivity index (χ2v) is 7.36. The monoisotopic (exact) mass is 323 g/mol. The van der Waals surface area contributed by atoms with E-state index in [1.54, 1.807) is 11.3 Å². The first-order chi connectivity index (χ1) is 10.6. The van der Waals surface area contributed by atoms with Crippen LogP contribution in [0.5, 0.6) is 0 Å². The molecule has 6 heteroatoms. The predicted molar refractivity (Wildman–Crippen MR) is 87.5 cm³/mol. The van der Waals surface area contributed by atoms with Gasteiger partial charge in [-0.1, -0.05) is 13.8 Å². The van der Waals surface area contributed by atoms with Gasteiger partial charge in [-0.15, -0.1) is 11.3 Å². The van der Waals surface area contributed by atoms with E-state index in [2.05, 4.69) is 23.7 Å². The van der Waals surface area contributed by atoms with Gasteiger partial charge >= 0.3 is 0 Å². The molecule has 2 saturated heterocycles. The maximum absolute atomic E-state index is 12.8. The number of likely N-dealkylation sites (tertiary alicyclic amines) is 1. The molecule has 0 unspecified atom stereocenters. The summed E-state index contributed by atoms with van der Waals surface area (Å²) in [6.07, 6.45) is 0.894. The molecule has 0 aromatic carbocycles. The molecule has 1 aromatic heterocycles. The average Bonchev–Trinajstić information content (AvgIpc) is 3.10. The maximum Gasteiger partial charge on any atom is 0.265 e. The fraction of sp³-hybridized carbons (Fsp3) is 0.750. The van der Waals surface area contributed by atoms with E-state index < -0.39 is 0 Å². The van der Waals surface area contributed by atoms with Gasteiger partial charge in [0.05, 0.1) is 23.9 Å². The van der Waals surface area contributed by atoms with Crippen LogP contribution in [0.25, 0.3) is 0 Å². The van der Waals surface area contributed by atoms with E-state index in [0.29, 0.717) is 12.0 Å². The normalized spacial score (nSPS) is 26.6. The zero-order chi connectivity index (χ0) is 15.7. The predicted octanol–water partition coefficient (Wildman–Crippen LogP) is 1.81. The fourth-order valence-electron chi connectivity index (χ4n) is 3.45. The summed E-state index contributed by atoms with van der Waals surface area (Å²) in [5.74, 6) is 0.679. The number of rotatable bonds is 3. The van der Waals surface area contributed by atoms with Crippen LogP contribution < -0.4 is 0 Å². The number of carbonyl (C=O) groups is 1. The van der Waals surface area contributed by atoms with Gasteiger partial charge in [-0.05, 0) is 19.3 Å². The van der Waals surface area contributed by atoms with Crippen LogP contribution >= 0.6 is 11.3 Å². The average molecular weight is 323 g/mol. The summed E-state index contributed by atoms with van der Waals surface area (Å²) < 4.78 is 5.44. The number of ether oxygens (including phenoxy) is 1. The van der Waals surface area contributed by atoms with E-state index in [9.17, 15) is 4.79 Å². The summed E-state index contributed by atoms with van der Waals surface area (Å²) in [6.45, 7) is 11.5. The van der Waals surface area contributed by atoms with Crippen molar-refractivity contribution in [3.05, 3.63) is 15.6 Å². The second-order valence-electron chi connectivity index (χ2n) is 6.28. The Hall–Kier alpha value is -0.980. The lowest BCUT2D eigenvalue weighted by Gasteiger charge is -2.33. The van der Waals surface area contributed by atoms with Crippen LogP contribution in [-0.4, -0.2) is 66.1 Å². The highest BCUT2D eigenvalue weighted by molar-refractivity contribution is 7.13. The number of amides is 1. The van der Waals surface area contributed by atoms with Crippen molar-refractivity contribution in [3.8, 4) is 0 Å². The van der Waals surface area contributed by atoms with Crippen molar-refractivity contribution in [1.82, 2.24) is 14.8 Å². The summed E-state index contributed by atoms with van der Waals surface area (Å²) in [7, 11) is 0. The van der Waals surface area contributed by atoms with Crippen LogP contribution in [-0.2, 0) is 11.2 Å². The van der Waals surface area contributed by atoms with E-state index in [4.69, 9.17) is 4.74 Å². The zero-order valence-electron chi connectivity index (χ0n) is 13.7. The molecule has 2 atom stereocenters. The highest BCUT2D eigenvalue weighted by Crippen LogP contribution is 2.27. The third-order valence-corrected chi connectivity index (χ3v) is 6.00. The van der Waals surface area contributed by atoms with Gasteiger partial charge in [0.2, 0.25) is 0 Å². The Bertz CT molecular complexity index is 539. The topological polar surface area (TPSA) is 45.7 Å². The van der Waals surface area contributed by atoms with Crippen molar-refractivity contribution in [2.75, 3.05) is 39.4 Å². The van der Waals surface area contributed by atoms with Crippen molar-refractivity contribution in [2.45, 2.75) is 33.2 Å². The van der Waals surface area contributed by atoms with Crippen molar-refractivity contribution in [3.63, 3.8) is 0 Å². The lowest BCUT2D eigenvalue weighted by atomic mass is 10.0. The summed E-state index contributed by atoms with van der Waals surface area (Å²) in [5.41, 5.74) is 0.884. The first-order valence-electron chi connectivity index (χ1n) is 8.17. The smallest absolute Gasteiger partial charge is 0.265 e. The molecule has 1 amide bonds. The molecule has 0 N–H and O–H groups in total. The number of carbonyl (C=O) groups excluding carboxylic acids is 1. The third kappa shape index (κ3) is 3.05. The van der Waals surface area contributed by atoms with Crippen LogP contribution in [0, 0.1) is 12.8 Å². The Morgan fingerprint density at radius 1 is 1.36 bits per heavy atom. The molecular formula is C16H25N3O2S. The summed E-state index contributed by atoms with van der Waals surface area (Å²) in [5, 5.41) is 1.05. The van der Waals surface area contributed by atoms with Crippen LogP contribution in [0.2, 0.25) is 0 Å². The molecule has 122 valence electrons. The lowest BCUT2D eigenvalue weighted by Crippen LogP contribution is -2.47. The highest BCUT2D eigenvalue weighted by Gasteiger charge is 2.37. The molecule has 2 fully saturated rings. The van der Waals surface area contributed by atoms with Gasteiger partial charge < -0.3 is 9.64 Å². The fourth-order valence-corrected chi connectivity index (χ4v) is 4.42. The molecule has 0 aliphatic carbocycles. The van der Waals surface area contributed by atoms with Gasteiger partial charge in [-0.2, -0.15) is 0 Å². The van der Waals surface area contributed by atoms with Gasteiger partial charge in [0.25, 0.3) is 5.91 Å². The largest absolute Gasteiger partial charge is 0.379 e. The SMILES string of the molecule is CCc1nc(C)c(C(=O)N2C[C@@H](C)[C@H](N3CCOCC3)C2)s1. The van der Waals surface area contributed by atoms with Gasteiger partial charge in [0.15, 0.2) is 0 Å². The molecule has 0 saturated carbocycles. The minimum absolute atomic E-state index is 0.164. The van der Waals surface area contributed by atoms with E-state index in [0.717, 1.165) is 61.4 Å². The standard InChI is InChI=1S/C16H25N3O2S/c1-4-14-17-12(3)15(22-14)16(20)19-9-11(2)13(10-19)18-5-7-21-8-6-18/h11,13H,4-10H2,1-3H3/t11-,13-/m1/s1.